The van der Waals surface area contributed by atoms with Crippen LogP contribution in [0, 0.1) is 27.9 Å². The van der Waals surface area contributed by atoms with Crippen LogP contribution in [0.15, 0.2) is 12.1 Å². The third-order valence-electron chi connectivity index (χ3n) is 4.57. The molecule has 0 aliphatic heterocycles. The van der Waals surface area contributed by atoms with Crippen LogP contribution in [0.25, 0.3) is 0 Å². The Morgan fingerprint density at radius 1 is 1.28 bits per heavy atom. The second kappa shape index (κ2) is 3.67. The van der Waals surface area contributed by atoms with Crippen molar-refractivity contribution >= 4 is 11.5 Å². The van der Waals surface area contributed by atoms with Crippen molar-refractivity contribution in [3.05, 3.63) is 27.9 Å². The molecule has 2 rings (SSSR count). The minimum absolute atomic E-state index is 0.0647. The van der Waals surface area contributed by atoms with Crippen molar-refractivity contribution in [2.75, 3.05) is 5.32 Å². The van der Waals surface area contributed by atoms with E-state index in [0.717, 1.165) is 0 Å². The second-order valence-electron chi connectivity index (χ2n) is 6.08. The molecule has 0 bridgehead atoms. The molecule has 0 unspecified atom stereocenters. The third kappa shape index (κ3) is 1.74. The quantitative estimate of drug-likeness (QED) is 0.660. The summed E-state index contributed by atoms with van der Waals surface area (Å²) in [6, 6.07) is 3.53. The molecule has 98 valence electrons. The van der Waals surface area contributed by atoms with Crippen molar-refractivity contribution < 1.29 is 4.92 Å². The minimum Gasteiger partial charge on any atom is -0.366 e. The van der Waals surface area contributed by atoms with Crippen LogP contribution in [0.2, 0.25) is 0 Å². The summed E-state index contributed by atoms with van der Waals surface area (Å²) in [6.07, 6.45) is 0. The van der Waals surface area contributed by atoms with Gasteiger partial charge in [-0.05, 0) is 23.8 Å². The van der Waals surface area contributed by atoms with E-state index in [4.69, 9.17) is 0 Å². The van der Waals surface area contributed by atoms with Gasteiger partial charge in [-0.15, -0.1) is 0 Å². The number of pyridine rings is 1. The minimum atomic E-state index is -0.406. The average molecular weight is 249 g/mol. The molecule has 18 heavy (non-hydrogen) atoms. The van der Waals surface area contributed by atoms with E-state index in [1.54, 1.807) is 13.0 Å². The fourth-order valence-corrected chi connectivity index (χ4v) is 2.53. The predicted octanol–water partition coefficient (Wildman–Crippen LogP) is 3.14. The molecule has 5 heteroatoms. The first-order valence-corrected chi connectivity index (χ1v) is 6.06. The normalized spacial score (nSPS) is 20.5. The molecule has 1 N–H and O–H groups in total. The maximum Gasteiger partial charge on any atom is 0.290 e. The van der Waals surface area contributed by atoms with Gasteiger partial charge >= 0.3 is 0 Å². The van der Waals surface area contributed by atoms with Crippen LogP contribution in [0.4, 0.5) is 11.5 Å². The Kier molecular flexibility index (Phi) is 2.61. The first-order chi connectivity index (χ1) is 8.18. The average Bonchev–Trinajstić information content (AvgIpc) is 2.60. The lowest BCUT2D eigenvalue weighted by molar-refractivity contribution is -0.385. The van der Waals surface area contributed by atoms with Gasteiger partial charge in [-0.3, -0.25) is 10.1 Å². The summed E-state index contributed by atoms with van der Waals surface area (Å²) >= 11 is 0. The summed E-state index contributed by atoms with van der Waals surface area (Å²) in [4.78, 5) is 14.6. The zero-order chi connectivity index (χ0) is 13.7. The Morgan fingerprint density at radius 3 is 2.22 bits per heavy atom. The summed E-state index contributed by atoms with van der Waals surface area (Å²) in [5, 5.41) is 14.1. The molecule has 0 saturated heterocycles. The van der Waals surface area contributed by atoms with Crippen molar-refractivity contribution in [1.82, 2.24) is 4.98 Å². The molecule has 0 aromatic carbocycles. The molecule has 1 aliphatic carbocycles. The van der Waals surface area contributed by atoms with Crippen molar-refractivity contribution in [2.45, 2.75) is 40.7 Å². The lowest BCUT2D eigenvalue weighted by Crippen LogP contribution is -2.11. The van der Waals surface area contributed by atoms with Crippen LogP contribution in [0.3, 0.4) is 0 Å². The highest BCUT2D eigenvalue weighted by atomic mass is 16.6. The Hall–Kier alpha value is -1.65. The molecule has 1 heterocycles. The molecule has 0 radical (unpaired) electrons. The Bertz CT molecular complexity index is 495. The summed E-state index contributed by atoms with van der Waals surface area (Å²) in [6.45, 7) is 10.5. The fraction of sp³-hybridized carbons (Fsp3) is 0.615. The topological polar surface area (TPSA) is 68.1 Å². The maximum absolute atomic E-state index is 10.7. The highest BCUT2D eigenvalue weighted by Crippen LogP contribution is 2.63. The number of rotatable bonds is 3. The monoisotopic (exact) mass is 249 g/mol. The summed E-state index contributed by atoms with van der Waals surface area (Å²) < 4.78 is 0. The fourth-order valence-electron chi connectivity index (χ4n) is 2.53. The van der Waals surface area contributed by atoms with Gasteiger partial charge in [-0.1, -0.05) is 27.7 Å². The molecule has 1 fully saturated rings. The van der Waals surface area contributed by atoms with E-state index in [9.17, 15) is 10.1 Å². The van der Waals surface area contributed by atoms with Gasteiger partial charge in [0.2, 0.25) is 0 Å². The Morgan fingerprint density at radius 2 is 1.83 bits per heavy atom. The zero-order valence-electron chi connectivity index (χ0n) is 11.4. The number of aryl methyl sites for hydroxylation is 1. The number of aromatic nitrogens is 1. The van der Waals surface area contributed by atoms with Gasteiger partial charge in [-0.25, -0.2) is 4.98 Å². The smallest absolute Gasteiger partial charge is 0.290 e. The van der Waals surface area contributed by atoms with E-state index >= 15 is 0 Å². The summed E-state index contributed by atoms with van der Waals surface area (Å²) in [5.41, 5.74) is 0.936. The highest BCUT2D eigenvalue weighted by Gasteiger charge is 2.65. The lowest BCUT2D eigenvalue weighted by atomic mass is 10.0. The third-order valence-corrected chi connectivity index (χ3v) is 4.57. The second-order valence-corrected chi connectivity index (χ2v) is 6.08. The lowest BCUT2D eigenvalue weighted by Gasteiger charge is -2.08. The van der Waals surface area contributed by atoms with Gasteiger partial charge in [0.05, 0.1) is 4.92 Å². The summed E-state index contributed by atoms with van der Waals surface area (Å²) in [5.74, 6) is 0.710. The number of nitrogens with one attached hydrogen (secondary N) is 1. The van der Waals surface area contributed by atoms with Crippen LogP contribution in [0.1, 0.15) is 33.4 Å². The first kappa shape index (κ1) is 12.8. The van der Waals surface area contributed by atoms with E-state index < -0.39 is 4.92 Å². The highest BCUT2D eigenvalue weighted by molar-refractivity contribution is 5.48. The van der Waals surface area contributed by atoms with Gasteiger partial charge < -0.3 is 5.32 Å². The molecule has 5 nitrogen and oxygen atoms in total. The molecule has 1 aromatic rings. The van der Waals surface area contributed by atoms with Crippen molar-refractivity contribution in [2.24, 2.45) is 10.8 Å². The number of anilines is 1. The van der Waals surface area contributed by atoms with Crippen LogP contribution in [-0.4, -0.2) is 15.9 Å². The van der Waals surface area contributed by atoms with Gasteiger partial charge in [0, 0.05) is 12.1 Å². The number of hydrogen-bond acceptors (Lipinski definition) is 4. The summed E-state index contributed by atoms with van der Waals surface area (Å²) in [7, 11) is 0. The molecule has 1 saturated carbocycles. The molecule has 0 amide bonds. The van der Waals surface area contributed by atoms with Crippen molar-refractivity contribution in [3.8, 4) is 0 Å². The Balaban J connectivity index is 2.18. The zero-order valence-corrected chi connectivity index (χ0v) is 11.4. The van der Waals surface area contributed by atoms with Gasteiger partial charge in [0.15, 0.2) is 0 Å². The molecule has 1 aliphatic rings. The molecule has 0 spiro atoms. The predicted molar refractivity (Wildman–Crippen MR) is 70.6 cm³/mol. The van der Waals surface area contributed by atoms with Crippen LogP contribution < -0.4 is 5.32 Å². The van der Waals surface area contributed by atoms with Gasteiger partial charge in [0.25, 0.3) is 5.69 Å². The molecule has 1 aromatic heterocycles. The maximum atomic E-state index is 10.7. The van der Waals surface area contributed by atoms with Crippen molar-refractivity contribution in [1.29, 1.82) is 0 Å². The van der Waals surface area contributed by atoms with Gasteiger partial charge in [-0.2, -0.15) is 0 Å². The Labute approximate surface area is 107 Å². The van der Waals surface area contributed by atoms with Crippen molar-refractivity contribution in [3.63, 3.8) is 0 Å². The largest absolute Gasteiger partial charge is 0.366 e. The number of nitro groups is 1. The van der Waals surface area contributed by atoms with E-state index in [1.165, 1.54) is 6.07 Å². The van der Waals surface area contributed by atoms with E-state index in [0.29, 0.717) is 17.6 Å². The van der Waals surface area contributed by atoms with Crippen LogP contribution in [0.5, 0.6) is 0 Å². The van der Waals surface area contributed by atoms with Crippen LogP contribution >= 0.6 is 0 Å². The molecular weight excluding hydrogens is 230 g/mol. The number of hydrogen-bond donors (Lipinski definition) is 1. The van der Waals surface area contributed by atoms with E-state index in [1.807, 2.05) is 0 Å². The number of nitrogens with zero attached hydrogens (tertiary/aromatic N) is 2. The van der Waals surface area contributed by atoms with E-state index in [2.05, 4.69) is 38.0 Å². The van der Waals surface area contributed by atoms with Gasteiger partial charge in [0.1, 0.15) is 11.5 Å². The molecular formula is C13H19N3O2. The standard InChI is InChI=1S/C13H19N3O2/c1-8-9(16(17)18)6-7-10(14-8)15-11-12(2,3)13(11,4)5/h6-7,11H,1-5H3,(H,14,15). The van der Waals surface area contributed by atoms with Crippen LogP contribution in [-0.2, 0) is 0 Å². The van der Waals surface area contributed by atoms with E-state index in [-0.39, 0.29) is 16.5 Å². The molecule has 0 atom stereocenters. The SMILES string of the molecule is Cc1nc(NC2C(C)(C)C2(C)C)ccc1[N+](=O)[O-]. The first-order valence-electron chi connectivity index (χ1n) is 6.06.